The number of aromatic amines is 1. The van der Waals surface area contributed by atoms with Crippen LogP contribution in [0.4, 0.5) is 0 Å². The molecule has 2 aliphatic rings. The highest BCUT2D eigenvalue weighted by Crippen LogP contribution is 2.23. The minimum absolute atomic E-state index is 0.0837. The van der Waals surface area contributed by atoms with Crippen LogP contribution in [0.2, 0.25) is 0 Å². The van der Waals surface area contributed by atoms with Gasteiger partial charge < -0.3 is 73.1 Å². The van der Waals surface area contributed by atoms with Gasteiger partial charge in [-0.15, -0.1) is 0 Å². The molecule has 0 aliphatic carbocycles. The van der Waals surface area contributed by atoms with Crippen molar-refractivity contribution in [2.75, 3.05) is 25.4 Å². The van der Waals surface area contributed by atoms with Crippen LogP contribution in [0.5, 0.6) is 0 Å². The van der Waals surface area contributed by atoms with E-state index >= 15 is 0 Å². The largest absolute Gasteiger partial charge is 0.481 e. The van der Waals surface area contributed by atoms with E-state index in [4.69, 9.17) is 5.73 Å². The van der Waals surface area contributed by atoms with E-state index in [1.807, 2.05) is 0 Å². The number of carbonyl (C=O) groups excluding carboxylic acids is 10. The first kappa shape index (κ1) is 54.8. The van der Waals surface area contributed by atoms with Crippen molar-refractivity contribution in [3.05, 3.63) is 36.0 Å². The van der Waals surface area contributed by atoms with Crippen molar-refractivity contribution < 1.29 is 68.1 Å². The number of aliphatic hydroxyl groups excluding tert-OH is 2. The van der Waals surface area contributed by atoms with Crippen LogP contribution in [-0.2, 0) is 59.2 Å². The molecule has 1 aromatic heterocycles. The first-order chi connectivity index (χ1) is 32.6. The normalized spacial score (nSPS) is 19.1. The first-order valence-corrected chi connectivity index (χ1v) is 22.9. The lowest BCUT2D eigenvalue weighted by Gasteiger charge is -2.30. The number of nitrogens with two attached hydrogens (primary N) is 1. The molecule has 13 N–H and O–H groups in total. The maximum absolute atomic E-state index is 14.1. The number of amides is 10. The highest BCUT2D eigenvalue weighted by atomic mass is 32.1. The number of carbonyl (C=O) groups is 11. The van der Waals surface area contributed by atoms with Crippen LogP contribution < -0.4 is 43.0 Å². The number of rotatable bonds is 23. The van der Waals surface area contributed by atoms with E-state index in [2.05, 4.69) is 54.8 Å². The lowest BCUT2D eigenvalue weighted by atomic mass is 10.0. The zero-order chi connectivity index (χ0) is 51.3. The quantitative estimate of drug-likeness (QED) is 0.0467. The molecule has 26 heteroatoms. The Kier molecular flexibility index (Phi) is 19.9. The van der Waals surface area contributed by atoms with E-state index < -0.39 is 138 Å². The van der Waals surface area contributed by atoms with E-state index in [1.165, 1.54) is 30.6 Å². The molecule has 10 amide bonds. The lowest BCUT2D eigenvalue weighted by molar-refractivity contribution is -0.144. The summed E-state index contributed by atoms with van der Waals surface area (Å²) >= 11 is 4.06. The van der Waals surface area contributed by atoms with Crippen molar-refractivity contribution in [3.63, 3.8) is 0 Å². The van der Waals surface area contributed by atoms with Gasteiger partial charge in [-0.1, -0.05) is 18.2 Å². The number of H-pyrrole nitrogens is 1. The average Bonchev–Trinajstić information content (AvgIpc) is 4.09. The van der Waals surface area contributed by atoms with Gasteiger partial charge in [-0.05, 0) is 58.1 Å². The Bertz CT molecular complexity index is 2280. The molecule has 0 unspecified atom stereocenters. The molecule has 0 saturated carbocycles. The van der Waals surface area contributed by atoms with Crippen LogP contribution >= 0.6 is 12.6 Å². The summed E-state index contributed by atoms with van der Waals surface area (Å²) in [7, 11) is 0. The molecule has 25 nitrogen and oxygen atoms in total. The Hall–Kier alpha value is -6.80. The van der Waals surface area contributed by atoms with E-state index in [0.29, 0.717) is 31.4 Å². The topological polar surface area (TPSA) is 381 Å². The van der Waals surface area contributed by atoms with Gasteiger partial charge in [0.15, 0.2) is 0 Å². The SMILES string of the molecule is CC(=O)N1CCC[C@H]1C(=O)N[C@@H](CO)C(=O)N1CCC[C@H]1C(=O)N[C@@H](Cc1c[nH]c2ccccc12)C(=O)N[C@@H](C)C(=O)N[C@H](C(=O)N[C@@H](CS)C(=O)N[C@@H](CC(=O)O)C(=O)N[C@@H](C)C(N)=O)[C@@H](C)O. The second-order valence-corrected chi connectivity index (χ2v) is 17.3. The van der Waals surface area contributed by atoms with Gasteiger partial charge in [0.1, 0.15) is 54.4 Å². The predicted octanol–water partition coefficient (Wildman–Crippen LogP) is -4.59. The van der Waals surface area contributed by atoms with Crippen LogP contribution in [0.3, 0.4) is 0 Å². The zero-order valence-electron chi connectivity index (χ0n) is 38.5. The summed E-state index contributed by atoms with van der Waals surface area (Å²) < 4.78 is 0. The third-order valence-electron chi connectivity index (χ3n) is 11.8. The second-order valence-electron chi connectivity index (χ2n) is 16.9. The van der Waals surface area contributed by atoms with Gasteiger partial charge in [0.2, 0.25) is 59.1 Å². The Morgan fingerprint density at radius 3 is 1.86 bits per heavy atom. The number of hydrogen-bond acceptors (Lipinski definition) is 14. The van der Waals surface area contributed by atoms with Gasteiger partial charge >= 0.3 is 5.97 Å². The Morgan fingerprint density at radius 1 is 0.725 bits per heavy atom. The van der Waals surface area contributed by atoms with Crippen LogP contribution in [0, 0.1) is 0 Å². The predicted molar refractivity (Wildman–Crippen MR) is 246 cm³/mol. The van der Waals surface area contributed by atoms with Crippen molar-refractivity contribution in [3.8, 4) is 0 Å². The lowest BCUT2D eigenvalue weighted by Crippen LogP contribution is -2.62. The van der Waals surface area contributed by atoms with E-state index in [-0.39, 0.29) is 25.3 Å². The molecule has 69 heavy (non-hydrogen) atoms. The third-order valence-corrected chi connectivity index (χ3v) is 12.1. The van der Waals surface area contributed by atoms with E-state index in [9.17, 15) is 68.1 Å². The molecular weight excluding hydrogens is 927 g/mol. The van der Waals surface area contributed by atoms with Crippen molar-refractivity contribution in [1.29, 1.82) is 0 Å². The number of fused-ring (bicyclic) bond motifs is 1. The fourth-order valence-electron chi connectivity index (χ4n) is 7.93. The monoisotopic (exact) mass is 987 g/mol. The molecule has 0 bridgehead atoms. The van der Waals surface area contributed by atoms with Gasteiger partial charge in [0.25, 0.3) is 0 Å². The molecule has 4 rings (SSSR count). The maximum atomic E-state index is 14.1. The van der Waals surface area contributed by atoms with Crippen LogP contribution in [-0.4, -0.2) is 181 Å². The standard InChI is InChI=1S/C43H61N11O14S/c1-20(35(44)60)46-38(63)28(16-33(58)59)48-39(64)30(19-69)51-42(67)34(22(3)56)52-36(61)21(2)47-37(62)27(15-24-17-45-26-10-6-5-9-25(24)26)49-41(66)32-12-8-14-54(32)43(68)29(18-55)50-40(65)31-11-7-13-53(31)23(4)57/h5-6,9-10,17,20-22,27-32,34,45,55-56,69H,7-8,11-16,18-19H2,1-4H3,(H2,44,60)(H,46,63)(H,47,62)(H,48,64)(H,49,66)(H,50,65)(H,51,67)(H,52,61)(H,58,59)/t20-,21-,22+,27-,28-,29-,30-,31-,32-,34-/m0/s1. The fourth-order valence-corrected chi connectivity index (χ4v) is 8.19. The summed E-state index contributed by atoms with van der Waals surface area (Å²) in [6.07, 6.45) is 0.461. The smallest absolute Gasteiger partial charge is 0.305 e. The number of primary amides is 1. The molecule has 1 aromatic carbocycles. The minimum atomic E-state index is -1.76. The molecule has 0 spiro atoms. The number of aliphatic carboxylic acids is 1. The van der Waals surface area contributed by atoms with E-state index in [0.717, 1.165) is 17.8 Å². The number of nitrogens with zero attached hydrogens (tertiary/aromatic N) is 2. The molecule has 10 atom stereocenters. The maximum Gasteiger partial charge on any atom is 0.305 e. The van der Waals surface area contributed by atoms with Crippen molar-refractivity contribution in [1.82, 2.24) is 52.0 Å². The summed E-state index contributed by atoms with van der Waals surface area (Å²) in [4.78, 5) is 149. The molecule has 0 radical (unpaired) electrons. The minimum Gasteiger partial charge on any atom is -0.481 e. The van der Waals surface area contributed by atoms with E-state index in [1.54, 1.807) is 30.5 Å². The number of aliphatic hydroxyl groups is 2. The van der Waals surface area contributed by atoms with Crippen molar-refractivity contribution in [2.24, 2.45) is 5.73 Å². The van der Waals surface area contributed by atoms with Gasteiger partial charge in [0, 0.05) is 49.3 Å². The number of likely N-dealkylation sites (tertiary alicyclic amines) is 2. The molecule has 2 fully saturated rings. The highest BCUT2D eigenvalue weighted by molar-refractivity contribution is 7.80. The highest BCUT2D eigenvalue weighted by Gasteiger charge is 2.41. The van der Waals surface area contributed by atoms with Gasteiger partial charge in [0.05, 0.1) is 19.1 Å². The number of benzene rings is 1. The number of carboxylic acids is 1. The number of thiol groups is 1. The molecule has 2 aliphatic heterocycles. The van der Waals surface area contributed by atoms with Gasteiger partial charge in [-0.3, -0.25) is 52.7 Å². The van der Waals surface area contributed by atoms with Crippen LogP contribution in [0.1, 0.15) is 65.4 Å². The van der Waals surface area contributed by atoms with Crippen LogP contribution in [0.15, 0.2) is 30.5 Å². The third kappa shape index (κ3) is 14.6. The number of nitrogens with one attached hydrogen (secondary N) is 8. The summed E-state index contributed by atoms with van der Waals surface area (Å²) in [5.74, 6) is -10.4. The molecule has 2 aromatic rings. The number of aromatic nitrogens is 1. The average molecular weight is 988 g/mol. The van der Waals surface area contributed by atoms with Crippen LogP contribution in [0.25, 0.3) is 10.9 Å². The Balaban J connectivity index is 1.47. The summed E-state index contributed by atoms with van der Waals surface area (Å²) in [6.45, 7) is 4.61. The number of para-hydroxylation sites is 1. The zero-order valence-corrected chi connectivity index (χ0v) is 39.4. The molecule has 378 valence electrons. The second kappa shape index (κ2) is 25.0. The Labute approximate surface area is 401 Å². The summed E-state index contributed by atoms with van der Waals surface area (Å²) in [5, 5.41) is 47.4. The molecule has 3 heterocycles. The molecular formula is C43H61N11O14S. The van der Waals surface area contributed by atoms with Gasteiger partial charge in [-0.25, -0.2) is 0 Å². The summed E-state index contributed by atoms with van der Waals surface area (Å²) in [5.41, 5.74) is 6.47. The molecule has 2 saturated heterocycles. The first-order valence-electron chi connectivity index (χ1n) is 22.2. The number of hydrogen-bond donors (Lipinski definition) is 13. The van der Waals surface area contributed by atoms with Gasteiger partial charge in [-0.2, -0.15) is 12.6 Å². The van der Waals surface area contributed by atoms with Crippen molar-refractivity contribution >= 4 is 88.6 Å². The number of carboxylic acid groups (broad SMARTS) is 1. The fraction of sp³-hybridized carbons (Fsp3) is 0.558. The summed E-state index contributed by atoms with van der Waals surface area (Å²) in [6, 6.07) is -5.34. The van der Waals surface area contributed by atoms with Crippen molar-refractivity contribution in [2.45, 2.75) is 127 Å². The Morgan fingerprint density at radius 2 is 1.28 bits per heavy atom.